The molecule has 0 aliphatic heterocycles. The Balaban J connectivity index is 2.59. The largest absolute Gasteiger partial charge is 0.494 e. The van der Waals surface area contributed by atoms with Gasteiger partial charge in [0.2, 0.25) is 0 Å². The van der Waals surface area contributed by atoms with Crippen LogP contribution >= 0.6 is 0 Å². The number of benzene rings is 1. The molecule has 0 aromatic heterocycles. The summed E-state index contributed by atoms with van der Waals surface area (Å²) in [5.74, 6) is 1.43. The Hall–Kier alpha value is -1.06. The highest BCUT2D eigenvalue weighted by atomic mass is 16.5. The monoisotopic (exact) mass is 265 g/mol. The zero-order valence-corrected chi connectivity index (χ0v) is 12.8. The quantitative estimate of drug-likeness (QED) is 0.822. The number of hydrogen-bond acceptors (Lipinski definition) is 3. The van der Waals surface area contributed by atoms with E-state index in [1.54, 1.807) is 0 Å². The second-order valence-electron chi connectivity index (χ2n) is 5.44. The van der Waals surface area contributed by atoms with Crippen LogP contribution in [0, 0.1) is 5.92 Å². The molecule has 2 unspecified atom stereocenters. The van der Waals surface area contributed by atoms with Gasteiger partial charge in [-0.15, -0.1) is 0 Å². The molecular weight excluding hydrogens is 238 g/mol. The zero-order chi connectivity index (χ0) is 14.4. The van der Waals surface area contributed by atoms with Crippen molar-refractivity contribution in [2.45, 2.75) is 39.8 Å². The number of nitrogens with zero attached hydrogens (tertiary/aromatic N) is 1. The molecule has 0 radical (unpaired) electrons. The lowest BCUT2D eigenvalue weighted by molar-refractivity contribution is 0.0955. The van der Waals surface area contributed by atoms with Crippen molar-refractivity contribution in [2.75, 3.05) is 20.2 Å². The Morgan fingerprint density at radius 1 is 1.16 bits per heavy atom. The SMILES string of the molecule is CCOc1ccc(C(O)CN(C)C(C)C(C)C)cc1. The third-order valence-corrected chi connectivity index (χ3v) is 3.70. The lowest BCUT2D eigenvalue weighted by atomic mass is 10.0. The Bertz CT molecular complexity index is 362. The first-order chi connectivity index (χ1) is 8.95. The normalized spacial score (nSPS) is 14.7. The molecule has 0 aliphatic rings. The third-order valence-electron chi connectivity index (χ3n) is 3.70. The van der Waals surface area contributed by atoms with Crippen LogP contribution in [0.3, 0.4) is 0 Å². The number of likely N-dealkylation sites (N-methyl/N-ethyl adjacent to an activating group) is 1. The first kappa shape index (κ1) is 16.0. The number of aliphatic hydroxyl groups excluding tert-OH is 1. The number of rotatable bonds is 7. The fourth-order valence-electron chi connectivity index (χ4n) is 2.01. The van der Waals surface area contributed by atoms with Crippen molar-refractivity contribution < 1.29 is 9.84 Å². The molecule has 0 amide bonds. The van der Waals surface area contributed by atoms with E-state index in [0.717, 1.165) is 11.3 Å². The van der Waals surface area contributed by atoms with Crippen LogP contribution in [0.25, 0.3) is 0 Å². The molecule has 3 heteroatoms. The number of ether oxygens (including phenoxy) is 1. The van der Waals surface area contributed by atoms with E-state index >= 15 is 0 Å². The minimum Gasteiger partial charge on any atom is -0.494 e. The van der Waals surface area contributed by atoms with Crippen LogP contribution < -0.4 is 4.74 Å². The molecular formula is C16H27NO2. The highest BCUT2D eigenvalue weighted by molar-refractivity contribution is 5.28. The van der Waals surface area contributed by atoms with Gasteiger partial charge >= 0.3 is 0 Å². The molecule has 1 N–H and O–H groups in total. The summed E-state index contributed by atoms with van der Waals surface area (Å²) in [6.07, 6.45) is -0.457. The minimum atomic E-state index is -0.457. The van der Waals surface area contributed by atoms with Gasteiger partial charge in [0.05, 0.1) is 12.7 Å². The van der Waals surface area contributed by atoms with Crippen LogP contribution in [-0.4, -0.2) is 36.2 Å². The van der Waals surface area contributed by atoms with Gasteiger partial charge in [0, 0.05) is 12.6 Å². The van der Waals surface area contributed by atoms with Crippen molar-refractivity contribution >= 4 is 0 Å². The summed E-state index contributed by atoms with van der Waals surface area (Å²) in [6, 6.07) is 8.15. The summed E-state index contributed by atoms with van der Waals surface area (Å²) in [4.78, 5) is 2.20. The van der Waals surface area contributed by atoms with Crippen LogP contribution in [0.4, 0.5) is 0 Å². The summed E-state index contributed by atoms with van der Waals surface area (Å²) in [7, 11) is 2.06. The second kappa shape index (κ2) is 7.51. The molecule has 0 bridgehead atoms. The molecule has 2 atom stereocenters. The van der Waals surface area contributed by atoms with Gasteiger partial charge < -0.3 is 14.7 Å². The van der Waals surface area contributed by atoms with Gasteiger partial charge in [-0.3, -0.25) is 0 Å². The molecule has 0 saturated carbocycles. The Kier molecular flexibility index (Phi) is 6.32. The van der Waals surface area contributed by atoms with Crippen LogP contribution in [0.15, 0.2) is 24.3 Å². The molecule has 0 fully saturated rings. The van der Waals surface area contributed by atoms with E-state index in [0.29, 0.717) is 25.1 Å². The molecule has 0 heterocycles. The van der Waals surface area contributed by atoms with Gasteiger partial charge in [-0.05, 0) is 44.5 Å². The van der Waals surface area contributed by atoms with E-state index in [2.05, 4.69) is 32.7 Å². The van der Waals surface area contributed by atoms with E-state index in [1.807, 2.05) is 31.2 Å². The maximum absolute atomic E-state index is 10.3. The van der Waals surface area contributed by atoms with E-state index in [-0.39, 0.29) is 0 Å². The maximum atomic E-state index is 10.3. The first-order valence-corrected chi connectivity index (χ1v) is 7.06. The summed E-state index contributed by atoms with van der Waals surface area (Å²) >= 11 is 0. The Morgan fingerprint density at radius 2 is 1.74 bits per heavy atom. The van der Waals surface area contributed by atoms with E-state index in [1.165, 1.54) is 0 Å². The molecule has 0 saturated heterocycles. The van der Waals surface area contributed by atoms with Crippen molar-refractivity contribution in [3.8, 4) is 5.75 Å². The summed E-state index contributed by atoms with van der Waals surface area (Å²) in [5.41, 5.74) is 0.936. The minimum absolute atomic E-state index is 0.456. The van der Waals surface area contributed by atoms with Gasteiger partial charge in [0.15, 0.2) is 0 Å². The van der Waals surface area contributed by atoms with Crippen LogP contribution in [0.2, 0.25) is 0 Å². The molecule has 0 aliphatic carbocycles. The lowest BCUT2D eigenvalue weighted by Crippen LogP contribution is -2.36. The molecule has 108 valence electrons. The summed E-state index contributed by atoms with van der Waals surface area (Å²) in [6.45, 7) is 9.86. The van der Waals surface area contributed by atoms with Crippen molar-refractivity contribution in [3.05, 3.63) is 29.8 Å². The predicted octanol–water partition coefficient (Wildman–Crippen LogP) is 3.10. The zero-order valence-electron chi connectivity index (χ0n) is 12.8. The molecule has 3 nitrogen and oxygen atoms in total. The van der Waals surface area contributed by atoms with Crippen LogP contribution in [0.1, 0.15) is 39.4 Å². The van der Waals surface area contributed by atoms with Gasteiger partial charge in [0.1, 0.15) is 5.75 Å². The van der Waals surface area contributed by atoms with Crippen molar-refractivity contribution in [3.63, 3.8) is 0 Å². The predicted molar refractivity (Wildman–Crippen MR) is 79.5 cm³/mol. The van der Waals surface area contributed by atoms with E-state index < -0.39 is 6.10 Å². The molecule has 1 rings (SSSR count). The van der Waals surface area contributed by atoms with Crippen LogP contribution in [0.5, 0.6) is 5.75 Å². The Labute approximate surface area is 117 Å². The van der Waals surface area contributed by atoms with Gasteiger partial charge in [-0.25, -0.2) is 0 Å². The third kappa shape index (κ3) is 4.84. The fraction of sp³-hybridized carbons (Fsp3) is 0.625. The highest BCUT2D eigenvalue weighted by Crippen LogP contribution is 2.20. The summed E-state index contributed by atoms with van der Waals surface area (Å²) in [5, 5.41) is 10.3. The standard InChI is InChI=1S/C16H27NO2/c1-6-19-15-9-7-14(8-10-15)16(18)11-17(5)13(4)12(2)3/h7-10,12-13,16,18H,6,11H2,1-5H3. The molecule has 1 aromatic rings. The number of aliphatic hydroxyl groups is 1. The maximum Gasteiger partial charge on any atom is 0.119 e. The lowest BCUT2D eigenvalue weighted by Gasteiger charge is -2.29. The van der Waals surface area contributed by atoms with Crippen molar-refractivity contribution in [1.82, 2.24) is 4.90 Å². The molecule has 19 heavy (non-hydrogen) atoms. The van der Waals surface area contributed by atoms with Gasteiger partial charge in [0.25, 0.3) is 0 Å². The van der Waals surface area contributed by atoms with Crippen LogP contribution in [-0.2, 0) is 0 Å². The highest BCUT2D eigenvalue weighted by Gasteiger charge is 2.17. The average molecular weight is 265 g/mol. The van der Waals surface area contributed by atoms with E-state index in [9.17, 15) is 5.11 Å². The van der Waals surface area contributed by atoms with Crippen molar-refractivity contribution in [1.29, 1.82) is 0 Å². The second-order valence-corrected chi connectivity index (χ2v) is 5.44. The first-order valence-electron chi connectivity index (χ1n) is 7.06. The van der Waals surface area contributed by atoms with E-state index in [4.69, 9.17) is 4.74 Å². The fourth-order valence-corrected chi connectivity index (χ4v) is 2.01. The van der Waals surface area contributed by atoms with Gasteiger partial charge in [-0.2, -0.15) is 0 Å². The topological polar surface area (TPSA) is 32.7 Å². The molecule has 0 spiro atoms. The number of hydrogen-bond donors (Lipinski definition) is 1. The molecule has 1 aromatic carbocycles. The van der Waals surface area contributed by atoms with Crippen molar-refractivity contribution in [2.24, 2.45) is 5.92 Å². The van der Waals surface area contributed by atoms with Gasteiger partial charge in [-0.1, -0.05) is 26.0 Å². The smallest absolute Gasteiger partial charge is 0.119 e. The Morgan fingerprint density at radius 3 is 2.21 bits per heavy atom. The summed E-state index contributed by atoms with van der Waals surface area (Å²) < 4.78 is 5.40. The average Bonchev–Trinajstić information content (AvgIpc) is 2.38.